The lowest BCUT2D eigenvalue weighted by molar-refractivity contribution is -0.134. The van der Waals surface area contributed by atoms with Crippen LogP contribution in [0.1, 0.15) is 45.4 Å². The summed E-state index contributed by atoms with van der Waals surface area (Å²) in [7, 11) is 0. The molecule has 0 aromatic rings. The zero-order valence-electron chi connectivity index (χ0n) is 11.5. The first-order valence-corrected chi connectivity index (χ1v) is 7.36. The summed E-state index contributed by atoms with van der Waals surface area (Å²) in [6, 6.07) is 0.329. The molecule has 0 aromatic carbocycles. The summed E-state index contributed by atoms with van der Waals surface area (Å²) in [5.74, 6) is 0.290. The molecule has 0 atom stereocenters. The monoisotopic (exact) mass is 254 g/mol. The summed E-state index contributed by atoms with van der Waals surface area (Å²) in [5, 5.41) is 6.62. The molecule has 0 spiro atoms. The van der Waals surface area contributed by atoms with E-state index in [0.29, 0.717) is 6.04 Å². The number of hydrogen-bond acceptors (Lipinski definition) is 3. The van der Waals surface area contributed by atoms with Crippen LogP contribution in [0.5, 0.6) is 0 Å². The first kappa shape index (κ1) is 13.8. The third kappa shape index (κ3) is 3.23. The van der Waals surface area contributed by atoms with E-state index in [0.717, 1.165) is 64.8 Å². The zero-order valence-corrected chi connectivity index (χ0v) is 11.5. The van der Waals surface area contributed by atoms with E-state index in [9.17, 15) is 4.79 Å². The van der Waals surface area contributed by atoms with Gasteiger partial charge in [-0.1, -0.05) is 13.3 Å². The van der Waals surface area contributed by atoms with Crippen LogP contribution in [-0.4, -0.2) is 38.3 Å². The summed E-state index contributed by atoms with van der Waals surface area (Å²) >= 11 is 0. The number of carbonyl (C=O) groups is 1. The summed E-state index contributed by atoms with van der Waals surface area (Å²) in [5.41, 5.74) is -0.113. The van der Waals surface area contributed by atoms with Gasteiger partial charge in [0.1, 0.15) is 0 Å². The molecule has 2 fully saturated rings. The molecule has 0 saturated carbocycles. The fourth-order valence-corrected chi connectivity index (χ4v) is 3.15. The molecule has 2 rings (SSSR count). The SMILES string of the molecule is CCCC1(C(=O)NC2CCOCC2)CCNCC1. The quantitative estimate of drug-likeness (QED) is 0.798. The van der Waals surface area contributed by atoms with Gasteiger partial charge < -0.3 is 15.4 Å². The summed E-state index contributed by atoms with van der Waals surface area (Å²) in [6.07, 6.45) is 6.00. The van der Waals surface area contributed by atoms with Gasteiger partial charge in [0.05, 0.1) is 5.41 Å². The molecule has 0 bridgehead atoms. The van der Waals surface area contributed by atoms with Gasteiger partial charge in [0.15, 0.2) is 0 Å². The van der Waals surface area contributed by atoms with Crippen molar-refractivity contribution in [2.24, 2.45) is 5.41 Å². The van der Waals surface area contributed by atoms with Crippen LogP contribution in [-0.2, 0) is 9.53 Å². The lowest BCUT2D eigenvalue weighted by Crippen LogP contribution is -2.51. The largest absolute Gasteiger partial charge is 0.381 e. The molecule has 1 amide bonds. The van der Waals surface area contributed by atoms with Gasteiger partial charge in [-0.25, -0.2) is 0 Å². The van der Waals surface area contributed by atoms with E-state index in [1.54, 1.807) is 0 Å². The first-order chi connectivity index (χ1) is 8.77. The van der Waals surface area contributed by atoms with Crippen LogP contribution in [0.2, 0.25) is 0 Å². The molecule has 0 unspecified atom stereocenters. The van der Waals surface area contributed by atoms with Gasteiger partial charge >= 0.3 is 0 Å². The third-order valence-electron chi connectivity index (χ3n) is 4.33. The average Bonchev–Trinajstić information content (AvgIpc) is 2.41. The van der Waals surface area contributed by atoms with Gasteiger partial charge in [0.2, 0.25) is 5.91 Å². The molecule has 18 heavy (non-hydrogen) atoms. The molecule has 2 heterocycles. The minimum Gasteiger partial charge on any atom is -0.381 e. The van der Waals surface area contributed by atoms with Crippen molar-refractivity contribution in [3.63, 3.8) is 0 Å². The Hall–Kier alpha value is -0.610. The van der Waals surface area contributed by atoms with E-state index in [4.69, 9.17) is 4.74 Å². The molecule has 2 aliphatic heterocycles. The number of nitrogens with one attached hydrogen (secondary N) is 2. The van der Waals surface area contributed by atoms with Crippen molar-refractivity contribution in [1.82, 2.24) is 10.6 Å². The Labute approximate surface area is 110 Å². The minimum absolute atomic E-state index is 0.113. The number of carbonyl (C=O) groups excluding carboxylic acids is 1. The second kappa shape index (κ2) is 6.53. The Morgan fingerprint density at radius 2 is 2.00 bits per heavy atom. The van der Waals surface area contributed by atoms with Crippen LogP contribution in [0, 0.1) is 5.41 Å². The highest BCUT2D eigenvalue weighted by molar-refractivity contribution is 5.83. The number of ether oxygens (including phenoxy) is 1. The van der Waals surface area contributed by atoms with Gasteiger partial charge in [-0.2, -0.15) is 0 Å². The smallest absolute Gasteiger partial charge is 0.226 e. The molecule has 0 aliphatic carbocycles. The standard InChI is InChI=1S/C14H26N2O2/c1-2-5-14(6-8-15-9-7-14)13(17)16-12-3-10-18-11-4-12/h12,15H,2-11H2,1H3,(H,16,17). The van der Waals surface area contributed by atoms with E-state index < -0.39 is 0 Å². The van der Waals surface area contributed by atoms with E-state index >= 15 is 0 Å². The minimum atomic E-state index is -0.113. The molecule has 2 N–H and O–H groups in total. The number of rotatable bonds is 4. The maximum absolute atomic E-state index is 12.6. The Morgan fingerprint density at radius 3 is 2.61 bits per heavy atom. The zero-order chi connectivity index (χ0) is 12.8. The normalized spacial score (nSPS) is 24.7. The van der Waals surface area contributed by atoms with E-state index in [1.807, 2.05) is 0 Å². The Kier molecular flexibility index (Phi) is 5.01. The van der Waals surface area contributed by atoms with Gasteiger partial charge in [0, 0.05) is 19.3 Å². The highest BCUT2D eigenvalue weighted by Gasteiger charge is 2.39. The molecule has 2 saturated heterocycles. The number of hydrogen-bond donors (Lipinski definition) is 2. The molecule has 0 radical (unpaired) electrons. The van der Waals surface area contributed by atoms with Gasteiger partial charge in [-0.3, -0.25) is 4.79 Å². The van der Waals surface area contributed by atoms with Gasteiger partial charge in [-0.05, 0) is 45.2 Å². The topological polar surface area (TPSA) is 50.4 Å². The van der Waals surface area contributed by atoms with Crippen LogP contribution in [0.15, 0.2) is 0 Å². The Morgan fingerprint density at radius 1 is 1.33 bits per heavy atom. The molecule has 4 nitrogen and oxygen atoms in total. The van der Waals surface area contributed by atoms with Crippen LogP contribution >= 0.6 is 0 Å². The maximum atomic E-state index is 12.6. The molecular formula is C14H26N2O2. The second-order valence-corrected chi connectivity index (χ2v) is 5.64. The molecule has 104 valence electrons. The average molecular weight is 254 g/mol. The Balaban J connectivity index is 1.94. The third-order valence-corrected chi connectivity index (χ3v) is 4.33. The lowest BCUT2D eigenvalue weighted by Gasteiger charge is -2.38. The van der Waals surface area contributed by atoms with Gasteiger partial charge in [0.25, 0.3) is 0 Å². The Bertz CT molecular complexity index is 263. The number of piperidine rings is 1. The van der Waals surface area contributed by atoms with Crippen molar-refractivity contribution < 1.29 is 9.53 Å². The highest BCUT2D eigenvalue weighted by Crippen LogP contribution is 2.34. The summed E-state index contributed by atoms with van der Waals surface area (Å²) in [6.45, 7) is 5.69. The van der Waals surface area contributed by atoms with Crippen LogP contribution in [0.25, 0.3) is 0 Å². The second-order valence-electron chi connectivity index (χ2n) is 5.64. The molecule has 2 aliphatic rings. The molecule has 4 heteroatoms. The van der Waals surface area contributed by atoms with Crippen molar-refractivity contribution in [2.45, 2.75) is 51.5 Å². The number of amides is 1. The predicted molar refractivity (Wildman–Crippen MR) is 71.4 cm³/mol. The van der Waals surface area contributed by atoms with Gasteiger partial charge in [-0.15, -0.1) is 0 Å². The fraction of sp³-hybridized carbons (Fsp3) is 0.929. The van der Waals surface area contributed by atoms with Crippen LogP contribution < -0.4 is 10.6 Å². The van der Waals surface area contributed by atoms with Crippen LogP contribution in [0.3, 0.4) is 0 Å². The van der Waals surface area contributed by atoms with Crippen molar-refractivity contribution in [1.29, 1.82) is 0 Å². The van der Waals surface area contributed by atoms with E-state index in [1.165, 1.54) is 0 Å². The lowest BCUT2D eigenvalue weighted by atomic mass is 9.74. The molecular weight excluding hydrogens is 228 g/mol. The van der Waals surface area contributed by atoms with Crippen molar-refractivity contribution >= 4 is 5.91 Å². The highest BCUT2D eigenvalue weighted by atomic mass is 16.5. The summed E-state index contributed by atoms with van der Waals surface area (Å²) in [4.78, 5) is 12.6. The predicted octanol–water partition coefficient (Wildman–Crippen LogP) is 1.45. The summed E-state index contributed by atoms with van der Waals surface area (Å²) < 4.78 is 5.34. The fourth-order valence-electron chi connectivity index (χ4n) is 3.15. The maximum Gasteiger partial charge on any atom is 0.226 e. The van der Waals surface area contributed by atoms with E-state index in [2.05, 4.69) is 17.6 Å². The first-order valence-electron chi connectivity index (χ1n) is 7.36. The van der Waals surface area contributed by atoms with Crippen molar-refractivity contribution in [3.8, 4) is 0 Å². The van der Waals surface area contributed by atoms with Crippen molar-refractivity contribution in [3.05, 3.63) is 0 Å². The van der Waals surface area contributed by atoms with Crippen molar-refractivity contribution in [2.75, 3.05) is 26.3 Å². The van der Waals surface area contributed by atoms with E-state index in [-0.39, 0.29) is 11.3 Å². The van der Waals surface area contributed by atoms with Crippen LogP contribution in [0.4, 0.5) is 0 Å². The molecule has 0 aromatic heterocycles.